The van der Waals surface area contributed by atoms with Crippen LogP contribution < -0.4 is 9.82 Å². The molecule has 0 radical (unpaired) electrons. The van der Waals surface area contributed by atoms with E-state index in [-0.39, 0.29) is 18.4 Å². The summed E-state index contributed by atoms with van der Waals surface area (Å²) >= 11 is 6.95. The van der Waals surface area contributed by atoms with Crippen molar-refractivity contribution in [2.24, 2.45) is 0 Å². The van der Waals surface area contributed by atoms with E-state index < -0.39 is 6.72 Å². The van der Waals surface area contributed by atoms with Crippen LogP contribution in [0.1, 0.15) is 32.5 Å². The summed E-state index contributed by atoms with van der Waals surface area (Å²) in [5.41, 5.74) is 0. The standard InChI is InChI=1S/C15H21ClN3O4PS/c1-4-22-24(20,19-11(2)3)25-10-15-17-14(18-23-15)9-21-13-7-5-12(16)6-8-13/h5-8,11H,4,9-10H2,1-3H3,(H,19,20)/t24-/m1/s1. The Morgan fingerprint density at radius 1 is 1.36 bits per heavy atom. The fourth-order valence-corrected chi connectivity index (χ4v) is 5.78. The van der Waals surface area contributed by atoms with E-state index in [1.54, 1.807) is 31.2 Å². The zero-order chi connectivity index (χ0) is 18.3. The Morgan fingerprint density at radius 3 is 2.72 bits per heavy atom. The highest BCUT2D eigenvalue weighted by Crippen LogP contribution is 2.57. The molecular weight excluding hydrogens is 385 g/mol. The van der Waals surface area contributed by atoms with Gasteiger partial charge < -0.3 is 13.8 Å². The molecule has 0 saturated heterocycles. The van der Waals surface area contributed by atoms with E-state index in [0.29, 0.717) is 29.1 Å². The van der Waals surface area contributed by atoms with Crippen molar-refractivity contribution < 1.29 is 18.3 Å². The van der Waals surface area contributed by atoms with Crippen molar-refractivity contribution in [2.75, 3.05) is 6.61 Å². The monoisotopic (exact) mass is 405 g/mol. The second-order valence-corrected chi connectivity index (χ2v) is 10.0. The molecule has 0 aliphatic heterocycles. The Kier molecular flexibility index (Phi) is 7.78. The number of ether oxygens (including phenoxy) is 1. The van der Waals surface area contributed by atoms with Crippen LogP contribution in [-0.2, 0) is 21.4 Å². The summed E-state index contributed by atoms with van der Waals surface area (Å²) < 4.78 is 28.7. The van der Waals surface area contributed by atoms with Crippen LogP contribution in [0.5, 0.6) is 5.75 Å². The lowest BCUT2D eigenvalue weighted by molar-refractivity contribution is 0.285. The topological polar surface area (TPSA) is 86.5 Å². The first-order valence-electron chi connectivity index (χ1n) is 7.77. The number of benzene rings is 1. The number of nitrogens with zero attached hydrogens (tertiary/aromatic N) is 2. The smallest absolute Gasteiger partial charge is 0.327 e. The minimum absolute atomic E-state index is 0.0379. The van der Waals surface area contributed by atoms with Crippen LogP contribution >= 0.6 is 29.7 Å². The van der Waals surface area contributed by atoms with E-state index in [0.717, 1.165) is 11.4 Å². The van der Waals surface area contributed by atoms with E-state index in [9.17, 15) is 4.57 Å². The van der Waals surface area contributed by atoms with Gasteiger partial charge in [0.05, 0.1) is 12.4 Å². The van der Waals surface area contributed by atoms with Gasteiger partial charge in [-0.1, -0.05) is 16.8 Å². The van der Waals surface area contributed by atoms with E-state index in [1.807, 2.05) is 13.8 Å². The van der Waals surface area contributed by atoms with Crippen LogP contribution in [0.4, 0.5) is 0 Å². The second-order valence-electron chi connectivity index (χ2n) is 5.32. The van der Waals surface area contributed by atoms with Crippen LogP contribution in [0.15, 0.2) is 28.8 Å². The van der Waals surface area contributed by atoms with Gasteiger partial charge in [0, 0.05) is 11.1 Å². The molecular formula is C15H21ClN3O4PS. The molecule has 0 amide bonds. The van der Waals surface area contributed by atoms with Gasteiger partial charge in [-0.2, -0.15) is 4.98 Å². The predicted octanol–water partition coefficient (Wildman–Crippen LogP) is 4.68. The highest BCUT2D eigenvalue weighted by molar-refractivity contribution is 8.55. The van der Waals surface area contributed by atoms with E-state index in [1.165, 1.54) is 0 Å². The van der Waals surface area contributed by atoms with Crippen molar-refractivity contribution in [3.63, 3.8) is 0 Å². The van der Waals surface area contributed by atoms with Crippen molar-refractivity contribution in [3.8, 4) is 5.75 Å². The molecule has 0 unspecified atom stereocenters. The molecule has 0 aliphatic carbocycles. The van der Waals surface area contributed by atoms with Crippen molar-refractivity contribution in [1.82, 2.24) is 15.2 Å². The minimum atomic E-state index is -3.00. The molecule has 10 heteroatoms. The number of aromatic nitrogens is 2. The minimum Gasteiger partial charge on any atom is -0.485 e. The molecule has 7 nitrogen and oxygen atoms in total. The summed E-state index contributed by atoms with van der Waals surface area (Å²) in [4.78, 5) is 4.23. The maximum absolute atomic E-state index is 12.6. The normalized spacial score (nSPS) is 13.8. The molecule has 1 aromatic carbocycles. The third kappa shape index (κ3) is 6.99. The Bertz CT molecular complexity index is 711. The first kappa shape index (κ1) is 20.3. The van der Waals surface area contributed by atoms with E-state index in [4.69, 9.17) is 25.4 Å². The van der Waals surface area contributed by atoms with Gasteiger partial charge in [0.1, 0.15) is 5.75 Å². The fraction of sp³-hybridized carbons (Fsp3) is 0.467. The molecule has 2 rings (SSSR count). The molecule has 0 saturated carbocycles. The van der Waals surface area contributed by atoms with Crippen LogP contribution in [0.2, 0.25) is 5.02 Å². The molecule has 138 valence electrons. The molecule has 1 heterocycles. The average Bonchev–Trinajstić information content (AvgIpc) is 3.00. The first-order chi connectivity index (χ1) is 11.9. The van der Waals surface area contributed by atoms with Crippen LogP contribution in [0.25, 0.3) is 0 Å². The zero-order valence-electron chi connectivity index (χ0n) is 14.3. The van der Waals surface area contributed by atoms with Crippen molar-refractivity contribution in [1.29, 1.82) is 0 Å². The van der Waals surface area contributed by atoms with E-state index in [2.05, 4.69) is 15.2 Å². The molecule has 25 heavy (non-hydrogen) atoms. The highest BCUT2D eigenvalue weighted by Gasteiger charge is 2.25. The summed E-state index contributed by atoms with van der Waals surface area (Å²) in [5.74, 6) is 1.72. The Balaban J connectivity index is 1.87. The second kappa shape index (κ2) is 9.59. The SMILES string of the molecule is CCO[P@](=O)(NC(C)C)SCc1nc(COc2ccc(Cl)cc2)no1. The Morgan fingerprint density at radius 2 is 2.08 bits per heavy atom. The summed E-state index contributed by atoms with van der Waals surface area (Å²) in [6.07, 6.45) is 0. The molecule has 1 atom stereocenters. The predicted molar refractivity (Wildman–Crippen MR) is 98.9 cm³/mol. The molecule has 0 fully saturated rings. The number of rotatable bonds is 10. The zero-order valence-corrected chi connectivity index (χ0v) is 16.7. The molecule has 0 bridgehead atoms. The van der Waals surface area contributed by atoms with Gasteiger partial charge in [-0.3, -0.25) is 4.57 Å². The maximum atomic E-state index is 12.6. The molecule has 0 aliphatic rings. The van der Waals surface area contributed by atoms with E-state index >= 15 is 0 Å². The third-order valence-electron chi connectivity index (χ3n) is 2.77. The fourth-order valence-electron chi connectivity index (χ4n) is 1.82. The van der Waals surface area contributed by atoms with Gasteiger partial charge in [-0.05, 0) is 56.4 Å². The number of halogens is 1. The van der Waals surface area contributed by atoms with Crippen molar-refractivity contribution >= 4 is 29.7 Å². The largest absolute Gasteiger partial charge is 0.485 e. The van der Waals surface area contributed by atoms with Crippen LogP contribution in [0, 0.1) is 0 Å². The first-order valence-corrected chi connectivity index (χ1v) is 11.4. The summed E-state index contributed by atoms with van der Waals surface area (Å²) in [5, 5.41) is 7.45. The van der Waals surface area contributed by atoms with Crippen LogP contribution in [-0.4, -0.2) is 22.8 Å². The quantitative estimate of drug-likeness (QED) is 0.570. The Labute approximate surface area is 156 Å². The lowest BCUT2D eigenvalue weighted by atomic mass is 10.3. The lowest BCUT2D eigenvalue weighted by Crippen LogP contribution is -2.19. The maximum Gasteiger partial charge on any atom is 0.327 e. The van der Waals surface area contributed by atoms with Gasteiger partial charge in [0.25, 0.3) is 0 Å². The molecule has 2 aromatic rings. The van der Waals surface area contributed by atoms with Gasteiger partial charge in [0.15, 0.2) is 6.61 Å². The third-order valence-corrected chi connectivity index (χ3v) is 7.20. The molecule has 1 aromatic heterocycles. The van der Waals surface area contributed by atoms with Gasteiger partial charge in [-0.25, -0.2) is 5.09 Å². The van der Waals surface area contributed by atoms with Gasteiger partial charge >= 0.3 is 6.72 Å². The molecule has 0 spiro atoms. The lowest BCUT2D eigenvalue weighted by Gasteiger charge is -2.19. The summed E-state index contributed by atoms with van der Waals surface area (Å²) in [6, 6.07) is 7.03. The van der Waals surface area contributed by atoms with Crippen molar-refractivity contribution in [2.45, 2.75) is 39.2 Å². The summed E-state index contributed by atoms with van der Waals surface area (Å²) in [6.45, 7) is 3.14. The van der Waals surface area contributed by atoms with Crippen LogP contribution in [0.3, 0.4) is 0 Å². The Hall–Kier alpha value is -1.05. The van der Waals surface area contributed by atoms with Gasteiger partial charge in [0.2, 0.25) is 11.7 Å². The van der Waals surface area contributed by atoms with Crippen molar-refractivity contribution in [3.05, 3.63) is 41.0 Å². The number of nitrogens with one attached hydrogen (secondary N) is 1. The molecule has 1 N–H and O–H groups in total. The van der Waals surface area contributed by atoms with Gasteiger partial charge in [-0.15, -0.1) is 0 Å². The average molecular weight is 406 g/mol. The highest BCUT2D eigenvalue weighted by atomic mass is 35.5. The number of hydrogen-bond acceptors (Lipinski definition) is 7. The summed E-state index contributed by atoms with van der Waals surface area (Å²) in [7, 11) is 0. The number of hydrogen-bond donors (Lipinski definition) is 1.